The van der Waals surface area contributed by atoms with Gasteiger partial charge in [-0.15, -0.1) is 0 Å². The fourth-order valence-electron chi connectivity index (χ4n) is 2.98. The number of nitrogens with one attached hydrogen (secondary N) is 1. The molecule has 8 heteroatoms. The highest BCUT2D eigenvalue weighted by atomic mass is 19.3. The van der Waals surface area contributed by atoms with Gasteiger partial charge in [-0.1, -0.05) is 19.8 Å². The minimum absolute atomic E-state index is 0.0276. The SMILES string of the molecule is COc1cc(C(=O)OCC(=O)N[C@@H]2CCCC[C@H]2C)ccc1OC(F)F. The Morgan fingerprint density at radius 3 is 2.62 bits per heavy atom. The highest BCUT2D eigenvalue weighted by molar-refractivity contribution is 5.92. The number of carbonyl (C=O) groups is 2. The fraction of sp³-hybridized carbons (Fsp3) is 0.556. The van der Waals surface area contributed by atoms with E-state index < -0.39 is 19.2 Å². The van der Waals surface area contributed by atoms with Crippen LogP contribution in [-0.4, -0.2) is 38.2 Å². The fourth-order valence-corrected chi connectivity index (χ4v) is 2.98. The number of carbonyl (C=O) groups excluding carboxylic acids is 2. The van der Waals surface area contributed by atoms with Crippen LogP contribution in [0.25, 0.3) is 0 Å². The topological polar surface area (TPSA) is 73.9 Å². The van der Waals surface area contributed by atoms with Crippen LogP contribution < -0.4 is 14.8 Å². The summed E-state index contributed by atoms with van der Waals surface area (Å²) in [5.74, 6) is -0.932. The lowest BCUT2D eigenvalue weighted by Crippen LogP contribution is -2.42. The molecule has 1 aromatic carbocycles. The number of rotatable bonds is 7. The summed E-state index contributed by atoms with van der Waals surface area (Å²) in [4.78, 5) is 24.0. The van der Waals surface area contributed by atoms with Gasteiger partial charge in [0.25, 0.3) is 5.91 Å². The number of hydrogen-bond acceptors (Lipinski definition) is 5. The molecule has 0 unspecified atom stereocenters. The second-order valence-electron chi connectivity index (χ2n) is 6.26. The van der Waals surface area contributed by atoms with Crippen LogP contribution in [0.3, 0.4) is 0 Å². The van der Waals surface area contributed by atoms with Crippen LogP contribution in [0, 0.1) is 5.92 Å². The molecule has 0 radical (unpaired) electrons. The summed E-state index contributed by atoms with van der Waals surface area (Å²) >= 11 is 0. The molecule has 0 aromatic heterocycles. The van der Waals surface area contributed by atoms with E-state index in [2.05, 4.69) is 17.0 Å². The minimum atomic E-state index is -3.01. The van der Waals surface area contributed by atoms with Crippen molar-refractivity contribution in [1.82, 2.24) is 5.32 Å². The summed E-state index contributed by atoms with van der Waals surface area (Å²) in [5, 5.41) is 2.88. The third-order valence-electron chi connectivity index (χ3n) is 4.41. The van der Waals surface area contributed by atoms with E-state index in [1.54, 1.807) is 0 Å². The lowest BCUT2D eigenvalue weighted by atomic mass is 9.86. The number of hydrogen-bond donors (Lipinski definition) is 1. The molecule has 26 heavy (non-hydrogen) atoms. The van der Waals surface area contributed by atoms with Crippen molar-refractivity contribution in [2.75, 3.05) is 13.7 Å². The standard InChI is InChI=1S/C18H23F2NO5/c1-11-5-3-4-6-13(11)21-16(22)10-25-17(23)12-7-8-14(26-18(19)20)15(9-12)24-2/h7-9,11,13,18H,3-6,10H2,1-2H3,(H,21,22)/t11-,13-/m1/s1. The van der Waals surface area contributed by atoms with E-state index in [-0.39, 0.29) is 29.0 Å². The van der Waals surface area contributed by atoms with E-state index in [0.717, 1.165) is 25.7 Å². The van der Waals surface area contributed by atoms with Crippen molar-refractivity contribution >= 4 is 11.9 Å². The molecule has 144 valence electrons. The van der Waals surface area contributed by atoms with Crippen LogP contribution in [0.1, 0.15) is 43.0 Å². The first-order chi connectivity index (χ1) is 12.4. The van der Waals surface area contributed by atoms with Crippen LogP contribution in [0.2, 0.25) is 0 Å². The van der Waals surface area contributed by atoms with Crippen molar-refractivity contribution in [3.8, 4) is 11.5 Å². The monoisotopic (exact) mass is 371 g/mol. The Labute approximate surface area is 150 Å². The lowest BCUT2D eigenvalue weighted by Gasteiger charge is -2.29. The lowest BCUT2D eigenvalue weighted by molar-refractivity contribution is -0.125. The van der Waals surface area contributed by atoms with Crippen LogP contribution in [0.15, 0.2) is 18.2 Å². The van der Waals surface area contributed by atoms with Crippen LogP contribution in [-0.2, 0) is 9.53 Å². The zero-order valence-electron chi connectivity index (χ0n) is 14.8. The zero-order chi connectivity index (χ0) is 19.1. The molecule has 1 amide bonds. The number of halogens is 2. The molecule has 0 bridgehead atoms. The van der Waals surface area contributed by atoms with Gasteiger partial charge in [0.15, 0.2) is 18.1 Å². The molecular formula is C18H23F2NO5. The first-order valence-corrected chi connectivity index (χ1v) is 8.50. The maximum atomic E-state index is 12.3. The van der Waals surface area contributed by atoms with Crippen molar-refractivity contribution < 1.29 is 32.6 Å². The highest BCUT2D eigenvalue weighted by Crippen LogP contribution is 2.29. The largest absolute Gasteiger partial charge is 0.493 e. The Kier molecular flexibility index (Phi) is 7.17. The average Bonchev–Trinajstić information content (AvgIpc) is 2.61. The molecule has 1 N–H and O–H groups in total. The number of alkyl halides is 2. The van der Waals surface area contributed by atoms with Crippen molar-refractivity contribution in [2.45, 2.75) is 45.3 Å². The van der Waals surface area contributed by atoms with Crippen molar-refractivity contribution in [3.63, 3.8) is 0 Å². The van der Waals surface area contributed by atoms with Gasteiger partial charge in [-0.05, 0) is 37.0 Å². The van der Waals surface area contributed by atoms with Gasteiger partial charge in [0.1, 0.15) is 0 Å². The Hall–Kier alpha value is -2.38. The first-order valence-electron chi connectivity index (χ1n) is 8.50. The predicted molar refractivity (Wildman–Crippen MR) is 89.5 cm³/mol. The van der Waals surface area contributed by atoms with Crippen LogP contribution in [0.4, 0.5) is 8.78 Å². The Bertz CT molecular complexity index is 638. The van der Waals surface area contributed by atoms with Gasteiger partial charge in [0.2, 0.25) is 0 Å². The van der Waals surface area contributed by atoms with Gasteiger partial charge in [0, 0.05) is 6.04 Å². The van der Waals surface area contributed by atoms with Crippen molar-refractivity contribution in [3.05, 3.63) is 23.8 Å². The minimum Gasteiger partial charge on any atom is -0.493 e. The highest BCUT2D eigenvalue weighted by Gasteiger charge is 2.23. The molecule has 2 rings (SSSR count). The molecule has 1 aromatic rings. The summed E-state index contributed by atoms with van der Waals surface area (Å²) < 4.78 is 38.8. The Balaban J connectivity index is 1.89. The molecule has 0 saturated heterocycles. The summed E-state index contributed by atoms with van der Waals surface area (Å²) in [5.41, 5.74) is 0.0716. The molecule has 0 aliphatic heterocycles. The second kappa shape index (κ2) is 9.35. The molecule has 0 spiro atoms. The first kappa shape index (κ1) is 19.9. The number of esters is 1. The van der Waals surface area contributed by atoms with E-state index in [1.807, 2.05) is 0 Å². The molecule has 1 aliphatic rings. The molecule has 1 saturated carbocycles. The van der Waals surface area contributed by atoms with E-state index in [4.69, 9.17) is 9.47 Å². The third-order valence-corrected chi connectivity index (χ3v) is 4.41. The summed E-state index contributed by atoms with van der Waals surface area (Å²) in [6, 6.07) is 3.77. The van der Waals surface area contributed by atoms with Gasteiger partial charge in [-0.25, -0.2) is 4.79 Å². The van der Waals surface area contributed by atoms with Crippen LogP contribution >= 0.6 is 0 Å². The second-order valence-corrected chi connectivity index (χ2v) is 6.26. The van der Waals surface area contributed by atoms with Crippen molar-refractivity contribution in [2.24, 2.45) is 5.92 Å². The number of amides is 1. The summed E-state index contributed by atoms with van der Waals surface area (Å²) in [6.07, 6.45) is 4.22. The quantitative estimate of drug-likeness (QED) is 0.746. The third kappa shape index (κ3) is 5.57. The van der Waals surface area contributed by atoms with Gasteiger partial charge in [0.05, 0.1) is 12.7 Å². The molecule has 1 aliphatic carbocycles. The van der Waals surface area contributed by atoms with E-state index in [1.165, 1.54) is 25.3 Å². The normalized spacial score (nSPS) is 19.7. The van der Waals surface area contributed by atoms with Gasteiger partial charge in [-0.2, -0.15) is 8.78 Å². The maximum Gasteiger partial charge on any atom is 0.387 e. The summed E-state index contributed by atoms with van der Waals surface area (Å²) in [7, 11) is 1.27. The molecule has 2 atom stereocenters. The molecule has 6 nitrogen and oxygen atoms in total. The number of benzene rings is 1. The zero-order valence-corrected chi connectivity index (χ0v) is 14.8. The molecule has 1 fully saturated rings. The predicted octanol–water partition coefficient (Wildman–Crippen LogP) is 3.15. The van der Waals surface area contributed by atoms with Gasteiger partial charge < -0.3 is 19.5 Å². The Morgan fingerprint density at radius 1 is 1.23 bits per heavy atom. The van der Waals surface area contributed by atoms with Crippen LogP contribution in [0.5, 0.6) is 11.5 Å². The summed E-state index contributed by atoms with van der Waals surface area (Å²) in [6.45, 7) is -1.32. The van der Waals surface area contributed by atoms with Gasteiger partial charge in [-0.3, -0.25) is 4.79 Å². The van der Waals surface area contributed by atoms with Gasteiger partial charge >= 0.3 is 12.6 Å². The Morgan fingerprint density at radius 2 is 1.96 bits per heavy atom. The smallest absolute Gasteiger partial charge is 0.387 e. The van der Waals surface area contributed by atoms with E-state index in [9.17, 15) is 18.4 Å². The average molecular weight is 371 g/mol. The molecular weight excluding hydrogens is 348 g/mol. The molecule has 0 heterocycles. The van der Waals surface area contributed by atoms with Crippen molar-refractivity contribution in [1.29, 1.82) is 0 Å². The number of methoxy groups -OCH3 is 1. The van der Waals surface area contributed by atoms with E-state index >= 15 is 0 Å². The maximum absolute atomic E-state index is 12.3. The number of ether oxygens (including phenoxy) is 3. The van der Waals surface area contributed by atoms with E-state index in [0.29, 0.717) is 5.92 Å².